The van der Waals surface area contributed by atoms with Gasteiger partial charge in [-0.05, 0) is 24.3 Å². The van der Waals surface area contributed by atoms with Gasteiger partial charge >= 0.3 is 0 Å². The number of carbonyl (C=O) groups is 1. The summed E-state index contributed by atoms with van der Waals surface area (Å²) in [5, 5.41) is 0.970. The van der Waals surface area contributed by atoms with Crippen LogP contribution in [0.4, 0.5) is 5.69 Å². The first-order valence-electron chi connectivity index (χ1n) is 9.70. The molecule has 0 saturated carbocycles. The Morgan fingerprint density at radius 3 is 2.57 bits per heavy atom. The molecule has 6 heteroatoms. The Labute approximate surface area is 163 Å². The van der Waals surface area contributed by atoms with E-state index < -0.39 is 0 Å². The first-order valence-corrected chi connectivity index (χ1v) is 9.70. The van der Waals surface area contributed by atoms with E-state index in [9.17, 15) is 4.79 Å². The van der Waals surface area contributed by atoms with E-state index in [2.05, 4.69) is 15.5 Å². The topological polar surface area (TPSA) is 46.9 Å². The Kier molecular flexibility index (Phi) is 4.30. The Hall–Kier alpha value is -2.83. The highest BCUT2D eigenvalue weighted by molar-refractivity contribution is 6.12. The summed E-state index contributed by atoms with van der Waals surface area (Å²) in [6, 6.07) is 15.8. The molecule has 3 aromatic rings. The third kappa shape index (κ3) is 2.77. The zero-order valence-electron chi connectivity index (χ0n) is 15.9. The van der Waals surface area contributed by atoms with Crippen molar-refractivity contribution < 1.29 is 14.3 Å². The second kappa shape index (κ2) is 6.96. The molecule has 5 rings (SSSR count). The normalized spacial score (nSPS) is 17.2. The molecule has 28 heavy (non-hydrogen) atoms. The third-order valence-electron chi connectivity index (χ3n) is 5.61. The minimum atomic E-state index is -0.0434. The summed E-state index contributed by atoms with van der Waals surface area (Å²) in [6.07, 6.45) is 0. The fourth-order valence-corrected chi connectivity index (χ4v) is 4.08. The molecule has 1 amide bonds. The Balaban J connectivity index is 1.61. The number of nitrogens with zero attached hydrogens (tertiary/aromatic N) is 3. The van der Waals surface area contributed by atoms with Crippen molar-refractivity contribution in [1.29, 1.82) is 0 Å². The van der Waals surface area contributed by atoms with Crippen LogP contribution in [-0.4, -0.2) is 55.3 Å². The highest BCUT2D eigenvalue weighted by atomic mass is 16.5. The molecule has 0 spiro atoms. The monoisotopic (exact) mass is 377 g/mol. The van der Waals surface area contributed by atoms with Crippen LogP contribution in [0.3, 0.4) is 0 Å². The summed E-state index contributed by atoms with van der Waals surface area (Å²) in [5.74, 6) is 1.31. The van der Waals surface area contributed by atoms with Crippen molar-refractivity contribution in [2.75, 3.05) is 44.8 Å². The van der Waals surface area contributed by atoms with Crippen molar-refractivity contribution in [3.05, 3.63) is 54.2 Å². The summed E-state index contributed by atoms with van der Waals surface area (Å²) >= 11 is 0. The molecule has 0 unspecified atom stereocenters. The van der Waals surface area contributed by atoms with Gasteiger partial charge in [0, 0.05) is 38.6 Å². The molecule has 144 valence electrons. The molecular formula is C22H23N3O3. The molecule has 1 saturated heterocycles. The standard InChI is InChI=1S/C22H23N3O3/c1-23-18-8-4-5-9-19(18)28-21-16-6-2-3-7-17(16)25(20(21)22(23)26)11-10-24-12-14-27-15-13-24/h2-9H,10-15H2,1H3. The molecule has 1 aromatic heterocycles. The molecule has 1 fully saturated rings. The lowest BCUT2D eigenvalue weighted by Crippen LogP contribution is -2.38. The lowest BCUT2D eigenvalue weighted by molar-refractivity contribution is 0.0364. The molecule has 6 nitrogen and oxygen atoms in total. The van der Waals surface area contributed by atoms with Crippen LogP contribution >= 0.6 is 0 Å². The smallest absolute Gasteiger partial charge is 0.278 e. The molecule has 0 atom stereocenters. The van der Waals surface area contributed by atoms with Gasteiger partial charge in [-0.15, -0.1) is 0 Å². The maximum Gasteiger partial charge on any atom is 0.278 e. The summed E-state index contributed by atoms with van der Waals surface area (Å²) in [6.45, 7) is 5.00. The minimum absolute atomic E-state index is 0.0434. The van der Waals surface area contributed by atoms with E-state index in [1.807, 2.05) is 49.5 Å². The van der Waals surface area contributed by atoms with Gasteiger partial charge in [-0.2, -0.15) is 0 Å². The van der Waals surface area contributed by atoms with Gasteiger partial charge in [0.1, 0.15) is 0 Å². The first-order chi connectivity index (χ1) is 13.7. The maximum atomic E-state index is 13.4. The van der Waals surface area contributed by atoms with Gasteiger partial charge in [-0.25, -0.2) is 0 Å². The van der Waals surface area contributed by atoms with Gasteiger partial charge in [0.05, 0.1) is 24.4 Å². The van der Waals surface area contributed by atoms with Crippen molar-refractivity contribution in [3.8, 4) is 11.5 Å². The summed E-state index contributed by atoms with van der Waals surface area (Å²) in [7, 11) is 1.81. The van der Waals surface area contributed by atoms with Crippen LogP contribution < -0.4 is 9.64 Å². The molecule has 0 N–H and O–H groups in total. The van der Waals surface area contributed by atoms with Gasteiger partial charge in [-0.1, -0.05) is 24.3 Å². The number of morpholine rings is 1. The van der Waals surface area contributed by atoms with Gasteiger partial charge < -0.3 is 18.9 Å². The van der Waals surface area contributed by atoms with Crippen LogP contribution in [0, 0.1) is 0 Å². The largest absolute Gasteiger partial charge is 0.452 e. The first kappa shape index (κ1) is 17.3. The van der Waals surface area contributed by atoms with E-state index in [0.717, 1.165) is 56.0 Å². The number of hydrogen-bond acceptors (Lipinski definition) is 4. The average Bonchev–Trinajstić information content (AvgIpc) is 3.00. The number of para-hydroxylation sites is 3. The van der Waals surface area contributed by atoms with Gasteiger partial charge in [-0.3, -0.25) is 9.69 Å². The quantitative estimate of drug-likeness (QED) is 0.702. The summed E-state index contributed by atoms with van der Waals surface area (Å²) in [4.78, 5) is 17.5. The van der Waals surface area contributed by atoms with Crippen LogP contribution in [0.2, 0.25) is 0 Å². The molecule has 3 heterocycles. The Morgan fingerprint density at radius 2 is 1.71 bits per heavy atom. The van der Waals surface area contributed by atoms with E-state index in [4.69, 9.17) is 9.47 Å². The van der Waals surface area contributed by atoms with Crippen LogP contribution in [-0.2, 0) is 11.3 Å². The van der Waals surface area contributed by atoms with Gasteiger partial charge in [0.25, 0.3) is 5.91 Å². The van der Waals surface area contributed by atoms with Crippen LogP contribution in [0.15, 0.2) is 48.5 Å². The number of hydrogen-bond donors (Lipinski definition) is 0. The number of amides is 1. The number of aromatic nitrogens is 1. The molecule has 0 bridgehead atoms. The molecule has 2 aromatic carbocycles. The SMILES string of the molecule is CN1C(=O)c2c(c3ccccc3n2CCN2CCOCC2)Oc2ccccc21. The Bertz CT molecular complexity index is 1040. The van der Waals surface area contributed by atoms with Crippen molar-refractivity contribution in [1.82, 2.24) is 9.47 Å². The summed E-state index contributed by atoms with van der Waals surface area (Å²) < 4.78 is 13.9. The predicted octanol–water partition coefficient (Wildman–Crippen LogP) is 3.36. The Morgan fingerprint density at radius 1 is 0.964 bits per heavy atom. The second-order valence-electron chi connectivity index (χ2n) is 7.23. The van der Waals surface area contributed by atoms with Crippen molar-refractivity contribution in [2.45, 2.75) is 6.54 Å². The van der Waals surface area contributed by atoms with Gasteiger partial charge in [0.2, 0.25) is 0 Å². The van der Waals surface area contributed by atoms with E-state index >= 15 is 0 Å². The van der Waals surface area contributed by atoms with Crippen LogP contribution in [0.5, 0.6) is 11.5 Å². The lowest BCUT2D eigenvalue weighted by Gasteiger charge is -2.27. The van der Waals surface area contributed by atoms with Crippen LogP contribution in [0.25, 0.3) is 10.9 Å². The summed E-state index contributed by atoms with van der Waals surface area (Å²) in [5.41, 5.74) is 2.43. The number of anilines is 1. The molecule has 0 aliphatic carbocycles. The zero-order valence-corrected chi connectivity index (χ0v) is 15.9. The van der Waals surface area contributed by atoms with E-state index in [0.29, 0.717) is 17.2 Å². The van der Waals surface area contributed by atoms with Crippen molar-refractivity contribution >= 4 is 22.5 Å². The molecular weight excluding hydrogens is 354 g/mol. The van der Waals surface area contributed by atoms with E-state index in [1.54, 1.807) is 4.90 Å². The van der Waals surface area contributed by atoms with Crippen molar-refractivity contribution in [2.24, 2.45) is 0 Å². The minimum Gasteiger partial charge on any atom is -0.452 e. The highest BCUT2D eigenvalue weighted by Crippen LogP contribution is 2.43. The molecule has 2 aliphatic heterocycles. The number of carbonyl (C=O) groups excluding carboxylic acids is 1. The highest BCUT2D eigenvalue weighted by Gasteiger charge is 2.32. The third-order valence-corrected chi connectivity index (χ3v) is 5.61. The number of fused-ring (bicyclic) bond motifs is 4. The van der Waals surface area contributed by atoms with Crippen LogP contribution in [0.1, 0.15) is 10.5 Å². The van der Waals surface area contributed by atoms with Gasteiger partial charge in [0.15, 0.2) is 17.2 Å². The van der Waals surface area contributed by atoms with E-state index in [1.165, 1.54) is 0 Å². The number of ether oxygens (including phenoxy) is 2. The zero-order chi connectivity index (χ0) is 19.1. The molecule has 0 radical (unpaired) electrons. The predicted molar refractivity (Wildman–Crippen MR) is 108 cm³/mol. The lowest BCUT2D eigenvalue weighted by atomic mass is 10.2. The fourth-order valence-electron chi connectivity index (χ4n) is 4.08. The average molecular weight is 377 g/mol. The molecule has 2 aliphatic rings. The van der Waals surface area contributed by atoms with E-state index in [-0.39, 0.29) is 5.91 Å². The number of rotatable bonds is 3. The second-order valence-corrected chi connectivity index (χ2v) is 7.23. The van der Waals surface area contributed by atoms with Crippen molar-refractivity contribution in [3.63, 3.8) is 0 Å². The number of benzene rings is 2. The fraction of sp³-hybridized carbons (Fsp3) is 0.318. The maximum absolute atomic E-state index is 13.4.